The summed E-state index contributed by atoms with van der Waals surface area (Å²) in [6.07, 6.45) is 0. The zero-order chi connectivity index (χ0) is 17.5. The molecule has 1 atom stereocenters. The molecular formula is C17H14ClF2NO3. The lowest BCUT2D eigenvalue weighted by atomic mass is 9.85. The van der Waals surface area contributed by atoms with Gasteiger partial charge in [0.1, 0.15) is 29.8 Å². The van der Waals surface area contributed by atoms with E-state index in [1.54, 1.807) is 6.07 Å². The van der Waals surface area contributed by atoms with Crippen LogP contribution in [-0.4, -0.2) is 24.2 Å². The molecule has 1 aliphatic heterocycles. The monoisotopic (exact) mass is 353 g/mol. The number of nitrogens with zero attached hydrogens (tertiary/aromatic N) is 1. The normalized spacial score (nSPS) is 18.9. The lowest BCUT2D eigenvalue weighted by Gasteiger charge is -2.22. The molecule has 0 amide bonds. The fraction of sp³-hybridized carbons (Fsp3) is 0.294. The Morgan fingerprint density at radius 2 is 2.12 bits per heavy atom. The van der Waals surface area contributed by atoms with Gasteiger partial charge in [-0.3, -0.25) is 4.79 Å². The molecule has 0 radical (unpaired) electrons. The molecule has 0 spiro atoms. The van der Waals surface area contributed by atoms with Crippen LogP contribution in [-0.2, 0) is 14.9 Å². The number of esters is 1. The van der Waals surface area contributed by atoms with E-state index in [9.17, 15) is 13.6 Å². The number of fused-ring (bicyclic) bond motifs is 1. The summed E-state index contributed by atoms with van der Waals surface area (Å²) in [7, 11) is 0. The van der Waals surface area contributed by atoms with Gasteiger partial charge in [0.15, 0.2) is 11.6 Å². The number of hydrogen-bond acceptors (Lipinski definition) is 4. The van der Waals surface area contributed by atoms with Gasteiger partial charge in [-0.25, -0.2) is 13.8 Å². The summed E-state index contributed by atoms with van der Waals surface area (Å²) in [5.41, 5.74) is 0.789. The molecule has 0 saturated heterocycles. The highest BCUT2D eigenvalue weighted by Crippen LogP contribution is 2.45. The number of carbonyl (C=O) groups excluding carboxylic acids is 1. The van der Waals surface area contributed by atoms with E-state index in [-0.39, 0.29) is 18.4 Å². The van der Waals surface area contributed by atoms with Gasteiger partial charge in [-0.15, -0.1) is 0 Å². The Morgan fingerprint density at radius 3 is 2.79 bits per heavy atom. The van der Waals surface area contributed by atoms with Gasteiger partial charge < -0.3 is 9.47 Å². The molecule has 0 N–H and O–H groups in total. The number of carbonyl (C=O) groups is 1. The van der Waals surface area contributed by atoms with Gasteiger partial charge in [-0.05, 0) is 31.2 Å². The fourth-order valence-electron chi connectivity index (χ4n) is 2.63. The van der Waals surface area contributed by atoms with Crippen molar-refractivity contribution in [1.82, 2.24) is 4.98 Å². The highest BCUT2D eigenvalue weighted by atomic mass is 35.5. The summed E-state index contributed by atoms with van der Waals surface area (Å²) in [6, 6.07) is 5.10. The Morgan fingerprint density at radius 1 is 1.38 bits per heavy atom. The van der Waals surface area contributed by atoms with Crippen molar-refractivity contribution >= 4 is 17.6 Å². The number of ether oxygens (including phenoxy) is 2. The molecule has 3 rings (SSSR count). The SMILES string of the molecule is CC(=O)OCC1(C)COc2c1cc(Cl)nc2-c1ccc(F)c(F)c1. The molecule has 0 aliphatic carbocycles. The summed E-state index contributed by atoms with van der Waals surface area (Å²) in [4.78, 5) is 15.3. The quantitative estimate of drug-likeness (QED) is 0.620. The van der Waals surface area contributed by atoms with Crippen LogP contribution in [0.25, 0.3) is 11.3 Å². The summed E-state index contributed by atoms with van der Waals surface area (Å²) in [5.74, 6) is -1.90. The van der Waals surface area contributed by atoms with Gasteiger partial charge in [-0.1, -0.05) is 11.6 Å². The lowest BCUT2D eigenvalue weighted by molar-refractivity contribution is -0.142. The third-order valence-electron chi connectivity index (χ3n) is 3.91. The number of halogens is 3. The molecule has 126 valence electrons. The van der Waals surface area contributed by atoms with E-state index in [4.69, 9.17) is 21.1 Å². The van der Waals surface area contributed by atoms with Crippen LogP contribution in [0, 0.1) is 11.6 Å². The van der Waals surface area contributed by atoms with Crippen LogP contribution in [0.2, 0.25) is 5.15 Å². The van der Waals surface area contributed by atoms with E-state index >= 15 is 0 Å². The van der Waals surface area contributed by atoms with Crippen molar-refractivity contribution < 1.29 is 23.0 Å². The Kier molecular flexibility index (Phi) is 4.17. The van der Waals surface area contributed by atoms with Crippen LogP contribution in [0.5, 0.6) is 5.75 Å². The Hall–Kier alpha value is -2.21. The summed E-state index contributed by atoms with van der Waals surface area (Å²) in [5, 5.41) is 0.188. The van der Waals surface area contributed by atoms with Gasteiger partial charge >= 0.3 is 5.97 Å². The number of benzene rings is 1. The van der Waals surface area contributed by atoms with Crippen molar-refractivity contribution in [1.29, 1.82) is 0 Å². The number of pyridine rings is 1. The van der Waals surface area contributed by atoms with Crippen molar-refractivity contribution in [3.8, 4) is 17.0 Å². The first-order valence-electron chi connectivity index (χ1n) is 7.23. The van der Waals surface area contributed by atoms with Crippen LogP contribution in [0.4, 0.5) is 8.78 Å². The lowest BCUT2D eigenvalue weighted by Crippen LogP contribution is -2.31. The minimum atomic E-state index is -0.983. The predicted molar refractivity (Wildman–Crippen MR) is 84.1 cm³/mol. The highest BCUT2D eigenvalue weighted by Gasteiger charge is 2.40. The second-order valence-corrected chi connectivity index (χ2v) is 6.32. The van der Waals surface area contributed by atoms with Gasteiger partial charge in [-0.2, -0.15) is 0 Å². The van der Waals surface area contributed by atoms with Crippen molar-refractivity contribution in [2.75, 3.05) is 13.2 Å². The maximum atomic E-state index is 13.5. The third kappa shape index (κ3) is 2.94. The standard InChI is InChI=1S/C17H14ClF2NO3/c1-9(22)23-7-17(2)8-24-16-11(17)6-14(18)21-15(16)10-3-4-12(19)13(20)5-10/h3-6H,7-8H2,1-2H3. The molecule has 24 heavy (non-hydrogen) atoms. The third-order valence-corrected chi connectivity index (χ3v) is 4.11. The maximum absolute atomic E-state index is 13.5. The molecule has 0 bridgehead atoms. The van der Waals surface area contributed by atoms with E-state index in [1.165, 1.54) is 13.0 Å². The maximum Gasteiger partial charge on any atom is 0.302 e. The molecule has 1 aromatic carbocycles. The Bertz CT molecular complexity index is 828. The predicted octanol–water partition coefficient (Wildman–Crippen LogP) is 3.89. The van der Waals surface area contributed by atoms with Crippen LogP contribution in [0.3, 0.4) is 0 Å². The molecule has 2 heterocycles. The molecule has 0 fully saturated rings. The minimum absolute atomic E-state index is 0.118. The summed E-state index contributed by atoms with van der Waals surface area (Å²) in [6.45, 7) is 3.57. The summed E-state index contributed by atoms with van der Waals surface area (Å²) < 4.78 is 37.6. The van der Waals surface area contributed by atoms with Crippen LogP contribution in [0.1, 0.15) is 19.4 Å². The Balaban J connectivity index is 2.08. The zero-order valence-electron chi connectivity index (χ0n) is 13.0. The van der Waals surface area contributed by atoms with E-state index in [0.29, 0.717) is 22.6 Å². The van der Waals surface area contributed by atoms with Crippen molar-refractivity contribution in [3.05, 3.63) is 46.6 Å². The number of hydrogen-bond donors (Lipinski definition) is 0. The van der Waals surface area contributed by atoms with E-state index in [2.05, 4.69) is 4.98 Å². The zero-order valence-corrected chi connectivity index (χ0v) is 13.8. The first-order chi connectivity index (χ1) is 11.3. The first-order valence-corrected chi connectivity index (χ1v) is 7.60. The topological polar surface area (TPSA) is 48.4 Å². The van der Waals surface area contributed by atoms with Gasteiger partial charge in [0.25, 0.3) is 0 Å². The van der Waals surface area contributed by atoms with Crippen molar-refractivity contribution in [2.24, 2.45) is 0 Å². The average Bonchev–Trinajstić information content (AvgIpc) is 2.85. The fourth-order valence-corrected chi connectivity index (χ4v) is 2.82. The smallest absolute Gasteiger partial charge is 0.302 e. The van der Waals surface area contributed by atoms with Gasteiger partial charge in [0.2, 0.25) is 0 Å². The highest BCUT2D eigenvalue weighted by molar-refractivity contribution is 6.29. The molecule has 0 saturated carbocycles. The summed E-state index contributed by atoms with van der Waals surface area (Å²) >= 11 is 6.10. The van der Waals surface area contributed by atoms with Crippen molar-refractivity contribution in [3.63, 3.8) is 0 Å². The van der Waals surface area contributed by atoms with E-state index in [1.807, 2.05) is 6.92 Å². The van der Waals surface area contributed by atoms with Crippen LogP contribution >= 0.6 is 11.6 Å². The first kappa shape index (κ1) is 16.6. The largest absolute Gasteiger partial charge is 0.490 e. The second kappa shape index (κ2) is 6.02. The number of aromatic nitrogens is 1. The number of rotatable bonds is 3. The van der Waals surface area contributed by atoms with Crippen molar-refractivity contribution in [2.45, 2.75) is 19.3 Å². The molecule has 4 nitrogen and oxygen atoms in total. The average molecular weight is 354 g/mol. The van der Waals surface area contributed by atoms with E-state index in [0.717, 1.165) is 12.1 Å². The molecule has 1 unspecified atom stereocenters. The molecular weight excluding hydrogens is 340 g/mol. The molecule has 2 aromatic rings. The minimum Gasteiger partial charge on any atom is -0.490 e. The van der Waals surface area contributed by atoms with Gasteiger partial charge in [0, 0.05) is 18.1 Å². The van der Waals surface area contributed by atoms with Crippen LogP contribution < -0.4 is 4.74 Å². The van der Waals surface area contributed by atoms with E-state index < -0.39 is 23.0 Å². The van der Waals surface area contributed by atoms with Crippen LogP contribution in [0.15, 0.2) is 24.3 Å². The molecule has 7 heteroatoms. The second-order valence-electron chi connectivity index (χ2n) is 5.93. The molecule has 1 aromatic heterocycles. The molecule has 1 aliphatic rings. The van der Waals surface area contributed by atoms with Gasteiger partial charge in [0.05, 0.1) is 5.41 Å². The Labute approximate surface area is 142 Å².